The molecule has 60 valence electrons. The summed E-state index contributed by atoms with van der Waals surface area (Å²) in [6, 6.07) is 0. The van der Waals surface area contributed by atoms with Crippen molar-refractivity contribution >= 4 is 5.97 Å². The van der Waals surface area contributed by atoms with E-state index in [-0.39, 0.29) is 0 Å². The minimum absolute atomic E-state index is 2.16. The first kappa shape index (κ1) is 9.18. The molecule has 0 heterocycles. The van der Waals surface area contributed by atoms with E-state index in [1.165, 1.54) is 0 Å². The lowest BCUT2D eigenvalue weighted by atomic mass is 10.3. The van der Waals surface area contributed by atoms with Gasteiger partial charge in [-0.3, -0.25) is 4.84 Å². The number of hydrogen-bond donors (Lipinski definition) is 2. The molecule has 7 heteroatoms. The van der Waals surface area contributed by atoms with Crippen molar-refractivity contribution in [3.05, 3.63) is 0 Å². The Morgan fingerprint density at radius 2 is 2.00 bits per heavy atom. The fraction of sp³-hybridized carbons (Fsp3) is 0.667. The maximum absolute atomic E-state index is 11.4. The maximum Gasteiger partial charge on any atom is 0.427 e. The summed E-state index contributed by atoms with van der Waals surface area (Å²) in [6.07, 6.45) is -7.90. The van der Waals surface area contributed by atoms with Crippen LogP contribution >= 0.6 is 0 Å². The fourth-order valence-electron chi connectivity index (χ4n) is 0.275. The van der Waals surface area contributed by atoms with Crippen molar-refractivity contribution in [2.24, 2.45) is 5.90 Å². The summed E-state index contributed by atoms with van der Waals surface area (Å²) in [5.41, 5.74) is 0. The summed E-state index contributed by atoms with van der Waals surface area (Å²) in [4.78, 5) is 12.8. The molecule has 0 aliphatic carbocycles. The second kappa shape index (κ2) is 2.84. The molecule has 0 bridgehead atoms. The lowest BCUT2D eigenvalue weighted by Gasteiger charge is -2.12. The van der Waals surface area contributed by atoms with Gasteiger partial charge in [0, 0.05) is 0 Å². The third-order valence-electron chi connectivity index (χ3n) is 0.658. The topological polar surface area (TPSA) is 72.5 Å². The zero-order chi connectivity index (χ0) is 8.36. The van der Waals surface area contributed by atoms with Gasteiger partial charge >= 0.3 is 12.1 Å². The highest BCUT2D eigenvalue weighted by molar-refractivity contribution is 5.73. The molecule has 0 radical (unpaired) electrons. The summed E-state index contributed by atoms with van der Waals surface area (Å²) in [5.74, 6) is 1.90. The molecular formula is C3H4F3NO3. The molecule has 0 aliphatic heterocycles. The van der Waals surface area contributed by atoms with E-state index >= 15 is 0 Å². The molecule has 0 aromatic heterocycles. The number of carboxylic acid groups (broad SMARTS) is 1. The van der Waals surface area contributed by atoms with Crippen molar-refractivity contribution in [2.45, 2.75) is 12.3 Å². The molecule has 3 N–H and O–H groups in total. The predicted molar refractivity (Wildman–Crippen MR) is 22.8 cm³/mol. The van der Waals surface area contributed by atoms with Gasteiger partial charge in [-0.2, -0.15) is 13.2 Å². The molecular weight excluding hydrogens is 155 g/mol. The number of carbonyl (C=O) groups is 1. The molecule has 1 atom stereocenters. The van der Waals surface area contributed by atoms with Gasteiger partial charge in [-0.25, -0.2) is 10.7 Å². The molecule has 4 nitrogen and oxygen atoms in total. The molecule has 1 unspecified atom stereocenters. The molecule has 0 fully saturated rings. The van der Waals surface area contributed by atoms with Crippen LogP contribution in [0.15, 0.2) is 0 Å². The van der Waals surface area contributed by atoms with Crippen LogP contribution in [0.3, 0.4) is 0 Å². The summed E-state index contributed by atoms with van der Waals surface area (Å²) in [6.45, 7) is 0. The van der Waals surface area contributed by atoms with Crippen molar-refractivity contribution in [3.63, 3.8) is 0 Å². The Bertz CT molecular complexity index is 133. The van der Waals surface area contributed by atoms with Crippen molar-refractivity contribution in [1.29, 1.82) is 0 Å². The number of rotatable bonds is 2. The van der Waals surface area contributed by atoms with Gasteiger partial charge < -0.3 is 5.11 Å². The normalized spacial score (nSPS) is 14.8. The van der Waals surface area contributed by atoms with Crippen LogP contribution in [0.5, 0.6) is 0 Å². The van der Waals surface area contributed by atoms with Crippen LogP contribution in [0.1, 0.15) is 0 Å². The molecule has 0 amide bonds. The van der Waals surface area contributed by atoms with Crippen molar-refractivity contribution in [2.75, 3.05) is 0 Å². The van der Waals surface area contributed by atoms with Gasteiger partial charge in [0.25, 0.3) is 6.10 Å². The van der Waals surface area contributed by atoms with Gasteiger partial charge in [-0.15, -0.1) is 0 Å². The third kappa shape index (κ3) is 2.19. The fourth-order valence-corrected chi connectivity index (χ4v) is 0.275. The summed E-state index contributed by atoms with van der Waals surface area (Å²) in [7, 11) is 0. The zero-order valence-electron chi connectivity index (χ0n) is 4.55. The standard InChI is InChI=1S/C3H4F3NO3/c4-3(5,6)1(10-7)2(8)9/h1H,7H2,(H,8,9). The Balaban J connectivity index is 4.22. The monoisotopic (exact) mass is 159 g/mol. The third-order valence-corrected chi connectivity index (χ3v) is 0.658. The van der Waals surface area contributed by atoms with E-state index in [1.807, 2.05) is 0 Å². The Morgan fingerprint density at radius 1 is 1.60 bits per heavy atom. The van der Waals surface area contributed by atoms with E-state index in [1.54, 1.807) is 0 Å². The van der Waals surface area contributed by atoms with Gasteiger partial charge in [-0.1, -0.05) is 0 Å². The molecule has 0 saturated carbocycles. The van der Waals surface area contributed by atoms with E-state index in [9.17, 15) is 18.0 Å². The minimum Gasteiger partial charge on any atom is -0.479 e. The average Bonchev–Trinajstić information content (AvgIpc) is 1.60. The summed E-state index contributed by atoms with van der Waals surface area (Å²) in [5, 5.41) is 7.78. The lowest BCUT2D eigenvalue weighted by Crippen LogP contribution is -2.40. The van der Waals surface area contributed by atoms with E-state index in [0.717, 1.165) is 0 Å². The van der Waals surface area contributed by atoms with Gasteiger partial charge in [-0.05, 0) is 0 Å². The van der Waals surface area contributed by atoms with E-state index in [4.69, 9.17) is 5.11 Å². The predicted octanol–water partition coefficient (Wildman–Crippen LogP) is -0.108. The van der Waals surface area contributed by atoms with Crippen LogP contribution in [0.4, 0.5) is 13.2 Å². The van der Waals surface area contributed by atoms with Crippen LogP contribution in [0.25, 0.3) is 0 Å². The zero-order valence-corrected chi connectivity index (χ0v) is 4.55. The first-order valence-corrected chi connectivity index (χ1v) is 2.04. The van der Waals surface area contributed by atoms with Crippen LogP contribution in [0.2, 0.25) is 0 Å². The molecule has 0 rings (SSSR count). The molecule has 0 aromatic rings. The van der Waals surface area contributed by atoms with Crippen LogP contribution in [-0.2, 0) is 9.63 Å². The number of carboxylic acids is 1. The molecule has 0 aliphatic rings. The highest BCUT2D eigenvalue weighted by atomic mass is 19.4. The smallest absolute Gasteiger partial charge is 0.427 e. The van der Waals surface area contributed by atoms with Gasteiger partial charge in [0.15, 0.2) is 0 Å². The Hall–Kier alpha value is -0.820. The second-order valence-corrected chi connectivity index (χ2v) is 1.40. The number of hydrogen-bond acceptors (Lipinski definition) is 3. The quantitative estimate of drug-likeness (QED) is 0.551. The first-order chi connectivity index (χ1) is 4.39. The van der Waals surface area contributed by atoms with E-state index in [0.29, 0.717) is 0 Å². The van der Waals surface area contributed by atoms with Gasteiger partial charge in [0.05, 0.1) is 0 Å². The van der Waals surface area contributed by atoms with Gasteiger partial charge in [0.1, 0.15) is 0 Å². The average molecular weight is 159 g/mol. The molecule has 0 aromatic carbocycles. The summed E-state index contributed by atoms with van der Waals surface area (Å²) >= 11 is 0. The number of halogens is 3. The first-order valence-electron chi connectivity index (χ1n) is 2.04. The van der Waals surface area contributed by atoms with Gasteiger partial charge in [0.2, 0.25) is 0 Å². The number of aliphatic carboxylic acids is 1. The SMILES string of the molecule is NOC(C(=O)O)C(F)(F)F. The highest BCUT2D eigenvalue weighted by Crippen LogP contribution is 2.21. The van der Waals surface area contributed by atoms with Crippen LogP contribution in [-0.4, -0.2) is 23.4 Å². The van der Waals surface area contributed by atoms with Crippen LogP contribution < -0.4 is 5.90 Å². The number of nitrogens with two attached hydrogens (primary N) is 1. The van der Waals surface area contributed by atoms with Crippen LogP contribution in [0, 0.1) is 0 Å². The highest BCUT2D eigenvalue weighted by Gasteiger charge is 2.46. The number of alkyl halides is 3. The maximum atomic E-state index is 11.4. The summed E-state index contributed by atoms with van der Waals surface area (Å²) < 4.78 is 34.2. The molecule has 10 heavy (non-hydrogen) atoms. The lowest BCUT2D eigenvalue weighted by molar-refractivity contribution is -0.228. The Kier molecular flexibility index (Phi) is 2.61. The molecule has 0 spiro atoms. The van der Waals surface area contributed by atoms with Crippen molar-refractivity contribution < 1.29 is 27.9 Å². The largest absolute Gasteiger partial charge is 0.479 e. The van der Waals surface area contributed by atoms with Crippen molar-refractivity contribution in [1.82, 2.24) is 0 Å². The minimum atomic E-state index is -4.96. The molecule has 0 saturated heterocycles. The Labute approximate surface area is 53.3 Å². The second-order valence-electron chi connectivity index (χ2n) is 1.40. The van der Waals surface area contributed by atoms with E-state index in [2.05, 4.69) is 10.7 Å². The van der Waals surface area contributed by atoms with E-state index < -0.39 is 18.2 Å². The van der Waals surface area contributed by atoms with Crippen molar-refractivity contribution in [3.8, 4) is 0 Å². The Morgan fingerprint density at radius 3 is 2.00 bits per heavy atom.